The zero-order chi connectivity index (χ0) is 14.0. The minimum Gasteiger partial charge on any atom is -0.506 e. The van der Waals surface area contributed by atoms with Crippen LogP contribution in [-0.2, 0) is 0 Å². The normalized spacial score (nSPS) is 16.8. The van der Waals surface area contributed by atoms with E-state index >= 15 is 0 Å². The number of halogens is 5. The molecule has 8 heteroatoms. The van der Waals surface area contributed by atoms with Crippen LogP contribution in [0.25, 0.3) is 0 Å². The van der Waals surface area contributed by atoms with Gasteiger partial charge in [0.2, 0.25) is 0 Å². The van der Waals surface area contributed by atoms with Gasteiger partial charge in [-0.1, -0.05) is 6.92 Å². The molecule has 0 aliphatic carbocycles. The molecule has 2 N–H and O–H groups in total. The van der Waals surface area contributed by atoms with E-state index in [1.807, 2.05) is 6.92 Å². The molecule has 1 atom stereocenters. The van der Waals surface area contributed by atoms with Crippen molar-refractivity contribution >= 4 is 40.7 Å². The first-order valence-electron chi connectivity index (χ1n) is 6.37. The molecule has 1 saturated heterocycles. The number of nitrogens with one attached hydrogen (secondary N) is 1. The van der Waals surface area contributed by atoms with Gasteiger partial charge in [0.1, 0.15) is 5.75 Å². The lowest BCUT2D eigenvalue weighted by molar-refractivity contribution is 0.162. The minimum atomic E-state index is -0.953. The highest BCUT2D eigenvalue weighted by Crippen LogP contribution is 2.39. The van der Waals surface area contributed by atoms with Crippen LogP contribution in [0, 0.1) is 11.6 Å². The van der Waals surface area contributed by atoms with E-state index in [-0.39, 0.29) is 46.6 Å². The third-order valence-corrected chi connectivity index (χ3v) is 4.10. The maximum absolute atomic E-state index is 14.0. The van der Waals surface area contributed by atoms with Gasteiger partial charge in [-0.05, 0) is 28.4 Å². The fourth-order valence-corrected chi connectivity index (χ4v) is 2.96. The van der Waals surface area contributed by atoms with Crippen molar-refractivity contribution < 1.29 is 13.9 Å². The molecule has 2 rings (SSSR count). The van der Waals surface area contributed by atoms with E-state index in [4.69, 9.17) is 0 Å². The Morgan fingerprint density at radius 1 is 1.33 bits per heavy atom. The average molecular weight is 408 g/mol. The Kier molecular flexibility index (Phi) is 9.04. The van der Waals surface area contributed by atoms with Crippen molar-refractivity contribution in [3.8, 4) is 5.75 Å². The Labute approximate surface area is 144 Å². The van der Waals surface area contributed by atoms with Gasteiger partial charge in [-0.2, -0.15) is 0 Å². The van der Waals surface area contributed by atoms with E-state index < -0.39 is 11.6 Å². The Bertz CT molecular complexity index is 448. The van der Waals surface area contributed by atoms with E-state index in [1.54, 1.807) is 0 Å². The van der Waals surface area contributed by atoms with Gasteiger partial charge in [-0.15, -0.1) is 24.8 Å². The summed E-state index contributed by atoms with van der Waals surface area (Å²) in [5.41, 5.74) is 0.0521. The largest absolute Gasteiger partial charge is 0.506 e. The van der Waals surface area contributed by atoms with Crippen molar-refractivity contribution in [2.24, 2.45) is 0 Å². The van der Waals surface area contributed by atoms with Gasteiger partial charge < -0.3 is 10.4 Å². The summed E-state index contributed by atoms with van der Waals surface area (Å²) < 4.78 is 27.8. The molecule has 122 valence electrons. The molecule has 0 radical (unpaired) electrons. The maximum atomic E-state index is 14.0. The van der Waals surface area contributed by atoms with Gasteiger partial charge in [-0.25, -0.2) is 8.78 Å². The molecule has 0 spiro atoms. The maximum Gasteiger partial charge on any atom is 0.167 e. The summed E-state index contributed by atoms with van der Waals surface area (Å²) in [4.78, 5) is 2.07. The fourth-order valence-electron chi connectivity index (χ4n) is 2.55. The van der Waals surface area contributed by atoms with Gasteiger partial charge >= 0.3 is 0 Å². The number of phenolic OH excluding ortho intramolecular Hbond substituents is 1. The van der Waals surface area contributed by atoms with Gasteiger partial charge in [0.05, 0.1) is 10.0 Å². The van der Waals surface area contributed by atoms with Crippen LogP contribution in [0.2, 0.25) is 0 Å². The lowest BCUT2D eigenvalue weighted by Crippen LogP contribution is -2.45. The van der Waals surface area contributed by atoms with Crippen molar-refractivity contribution in [1.82, 2.24) is 10.2 Å². The Morgan fingerprint density at radius 2 is 1.90 bits per heavy atom. The summed E-state index contributed by atoms with van der Waals surface area (Å²) in [6.45, 7) is 5.05. The molecule has 0 amide bonds. The molecule has 0 saturated carbocycles. The molecule has 1 aliphatic rings. The number of nitrogens with zero attached hydrogens (tertiary/aromatic N) is 1. The van der Waals surface area contributed by atoms with Crippen LogP contribution in [0.5, 0.6) is 5.75 Å². The van der Waals surface area contributed by atoms with E-state index in [0.29, 0.717) is 6.42 Å². The van der Waals surface area contributed by atoms with Crippen molar-refractivity contribution in [3.05, 3.63) is 27.7 Å². The Hall–Kier alpha value is -0.140. The van der Waals surface area contributed by atoms with Crippen LogP contribution < -0.4 is 5.32 Å². The molecule has 0 bridgehead atoms. The first-order chi connectivity index (χ1) is 9.06. The van der Waals surface area contributed by atoms with E-state index in [2.05, 4.69) is 26.1 Å². The van der Waals surface area contributed by atoms with E-state index in [9.17, 15) is 13.9 Å². The number of hydrogen-bond donors (Lipinski definition) is 2. The third-order valence-electron chi connectivity index (χ3n) is 3.49. The topological polar surface area (TPSA) is 35.5 Å². The highest BCUT2D eigenvalue weighted by Gasteiger charge is 2.28. The molecule has 1 aliphatic heterocycles. The second-order valence-electron chi connectivity index (χ2n) is 4.63. The smallest absolute Gasteiger partial charge is 0.167 e. The second kappa shape index (κ2) is 9.10. The fraction of sp³-hybridized carbons (Fsp3) is 0.538. The highest BCUT2D eigenvalue weighted by molar-refractivity contribution is 9.10. The quantitative estimate of drug-likeness (QED) is 0.751. The van der Waals surface area contributed by atoms with E-state index in [0.717, 1.165) is 32.2 Å². The zero-order valence-electron chi connectivity index (χ0n) is 11.5. The lowest BCUT2D eigenvalue weighted by atomic mass is 10.00. The summed E-state index contributed by atoms with van der Waals surface area (Å²) in [6.07, 6.45) is 0.611. The van der Waals surface area contributed by atoms with Crippen LogP contribution >= 0.6 is 40.7 Å². The van der Waals surface area contributed by atoms with Crippen LogP contribution in [0.4, 0.5) is 8.78 Å². The van der Waals surface area contributed by atoms with Crippen LogP contribution in [0.15, 0.2) is 10.5 Å². The van der Waals surface area contributed by atoms with Crippen molar-refractivity contribution in [2.75, 3.05) is 26.2 Å². The SMILES string of the molecule is CC[C@H](c1c(O)c(Br)cc(F)c1F)N1CCNCC1.Cl.Cl. The molecule has 0 aromatic heterocycles. The molecule has 1 aromatic carbocycles. The van der Waals surface area contributed by atoms with Gasteiger partial charge in [-0.3, -0.25) is 4.90 Å². The van der Waals surface area contributed by atoms with Gasteiger partial charge in [0, 0.05) is 32.2 Å². The standard InChI is InChI=1S/C13H17BrF2N2O.2ClH/c1-2-10(18-5-3-17-4-6-18)11-12(16)9(15)7-8(14)13(11)19;;/h7,10,17,19H,2-6H2,1H3;2*1H/t10-;;/m1../s1. The van der Waals surface area contributed by atoms with Crippen LogP contribution in [0.3, 0.4) is 0 Å². The third kappa shape index (κ3) is 4.42. The summed E-state index contributed by atoms with van der Waals surface area (Å²) in [5.74, 6) is -2.09. The lowest BCUT2D eigenvalue weighted by Gasteiger charge is -2.35. The van der Waals surface area contributed by atoms with Crippen LogP contribution in [-0.4, -0.2) is 36.2 Å². The number of aromatic hydroxyl groups is 1. The molecule has 1 fully saturated rings. The molecular formula is C13H19BrCl2F2N2O. The molecule has 1 heterocycles. The minimum absolute atomic E-state index is 0. The monoisotopic (exact) mass is 406 g/mol. The molecule has 3 nitrogen and oxygen atoms in total. The summed E-state index contributed by atoms with van der Waals surface area (Å²) in [7, 11) is 0. The number of benzene rings is 1. The summed E-state index contributed by atoms with van der Waals surface area (Å²) in [6, 6.07) is 0.646. The molecule has 1 aromatic rings. The number of hydrogen-bond acceptors (Lipinski definition) is 3. The first kappa shape index (κ1) is 20.9. The Balaban J connectivity index is 0.00000200. The van der Waals surface area contributed by atoms with Crippen molar-refractivity contribution in [2.45, 2.75) is 19.4 Å². The summed E-state index contributed by atoms with van der Waals surface area (Å²) >= 11 is 3.07. The highest BCUT2D eigenvalue weighted by atomic mass is 79.9. The molecular weight excluding hydrogens is 389 g/mol. The summed E-state index contributed by atoms with van der Waals surface area (Å²) in [5, 5.41) is 13.3. The van der Waals surface area contributed by atoms with Crippen molar-refractivity contribution in [3.63, 3.8) is 0 Å². The van der Waals surface area contributed by atoms with Crippen LogP contribution in [0.1, 0.15) is 24.9 Å². The van der Waals surface area contributed by atoms with E-state index in [1.165, 1.54) is 0 Å². The predicted molar refractivity (Wildman–Crippen MR) is 87.7 cm³/mol. The van der Waals surface area contributed by atoms with Gasteiger partial charge in [0.25, 0.3) is 0 Å². The number of rotatable bonds is 3. The zero-order valence-corrected chi connectivity index (χ0v) is 14.8. The Morgan fingerprint density at radius 3 is 2.43 bits per heavy atom. The molecule has 0 unspecified atom stereocenters. The average Bonchev–Trinajstić information content (AvgIpc) is 2.42. The number of piperazine rings is 1. The van der Waals surface area contributed by atoms with Gasteiger partial charge in [0.15, 0.2) is 11.6 Å². The van der Waals surface area contributed by atoms with Crippen molar-refractivity contribution in [1.29, 1.82) is 0 Å². The second-order valence-corrected chi connectivity index (χ2v) is 5.48. The molecule has 21 heavy (non-hydrogen) atoms. The first-order valence-corrected chi connectivity index (χ1v) is 7.16. The number of phenols is 1. The predicted octanol–water partition coefficient (Wildman–Crippen LogP) is 3.63.